The van der Waals surface area contributed by atoms with Gasteiger partial charge >= 0.3 is 0 Å². The van der Waals surface area contributed by atoms with Gasteiger partial charge in [-0.2, -0.15) is 4.98 Å². The van der Waals surface area contributed by atoms with Crippen molar-refractivity contribution in [3.8, 4) is 34.4 Å². The molecular weight excluding hydrogens is 466 g/mol. The lowest BCUT2D eigenvalue weighted by molar-refractivity contribution is 0.171. The van der Waals surface area contributed by atoms with Crippen molar-refractivity contribution in [3.63, 3.8) is 0 Å². The maximum Gasteiger partial charge on any atom is 0.236 e. The topological polar surface area (TPSA) is 79.1 Å². The van der Waals surface area contributed by atoms with E-state index in [1.807, 2.05) is 55.4 Å². The van der Waals surface area contributed by atoms with Crippen LogP contribution in [0.4, 0.5) is 0 Å². The molecular formula is C27H32ClN3O4. The number of likely N-dealkylation sites (N-methyl/N-ethyl adjacent to an activating group) is 1. The van der Waals surface area contributed by atoms with Crippen LogP contribution in [0, 0.1) is 6.92 Å². The number of hydrogen-bond donors (Lipinski definition) is 1. The van der Waals surface area contributed by atoms with Gasteiger partial charge in [0.15, 0.2) is 11.5 Å². The number of nitrogens with zero attached hydrogens (tertiary/aromatic N) is 2. The maximum absolute atomic E-state index is 6.53. The third-order valence-corrected chi connectivity index (χ3v) is 6.19. The molecule has 0 amide bonds. The molecule has 7 nitrogen and oxygen atoms in total. The Balaban J connectivity index is 1.52. The highest BCUT2D eigenvalue weighted by Crippen LogP contribution is 2.36. The first-order chi connectivity index (χ1) is 16.9. The Morgan fingerprint density at radius 2 is 1.83 bits per heavy atom. The molecule has 1 aromatic heterocycles. The molecule has 35 heavy (non-hydrogen) atoms. The molecule has 2 N–H and O–H groups in total. The predicted octanol–water partition coefficient (Wildman–Crippen LogP) is 4.50. The standard InChI is InChI=1S/C27H32ClN3O4/c1-17-19(6-5-7-22(17)18-8-9-24-25(14-18)34-11-10-33-24)16-35-27-23(28)13-20(26(30-27)32-4)12-21(29)15-31(2)3/h5-9,13-14,21H,10-12,15-16,29H2,1-4H3. The molecule has 0 fully saturated rings. The molecule has 186 valence electrons. The number of methoxy groups -OCH3 is 1. The fourth-order valence-corrected chi connectivity index (χ4v) is 4.47. The minimum absolute atomic E-state index is 0.0607. The van der Waals surface area contributed by atoms with Crippen molar-refractivity contribution in [2.45, 2.75) is 26.0 Å². The highest BCUT2D eigenvalue weighted by molar-refractivity contribution is 6.31. The second-order valence-corrected chi connectivity index (χ2v) is 9.31. The normalized spacial score (nSPS) is 13.6. The number of pyridine rings is 1. The first kappa shape index (κ1) is 25.1. The molecule has 1 aliphatic rings. The summed E-state index contributed by atoms with van der Waals surface area (Å²) < 4.78 is 23.0. The molecule has 0 saturated carbocycles. The van der Waals surface area contributed by atoms with Crippen LogP contribution in [-0.4, -0.2) is 56.9 Å². The van der Waals surface area contributed by atoms with Gasteiger partial charge < -0.3 is 29.6 Å². The van der Waals surface area contributed by atoms with Crippen LogP contribution >= 0.6 is 11.6 Å². The smallest absolute Gasteiger partial charge is 0.236 e. The summed E-state index contributed by atoms with van der Waals surface area (Å²) in [5.74, 6) is 2.35. The third kappa shape index (κ3) is 5.99. The van der Waals surface area contributed by atoms with Crippen molar-refractivity contribution in [3.05, 3.63) is 64.2 Å². The van der Waals surface area contributed by atoms with Gasteiger partial charge in [-0.3, -0.25) is 0 Å². The molecule has 1 atom stereocenters. The summed E-state index contributed by atoms with van der Waals surface area (Å²) >= 11 is 6.53. The Hall–Kier alpha value is -3.00. The molecule has 2 heterocycles. The van der Waals surface area contributed by atoms with Crippen LogP contribution in [0.5, 0.6) is 23.3 Å². The summed E-state index contributed by atoms with van der Waals surface area (Å²) in [6.45, 7) is 4.28. The Bertz CT molecular complexity index is 1190. The second-order valence-electron chi connectivity index (χ2n) is 8.91. The van der Waals surface area contributed by atoms with Gasteiger partial charge in [0.2, 0.25) is 11.8 Å². The number of rotatable bonds is 9. The average molecular weight is 498 g/mol. The highest BCUT2D eigenvalue weighted by Gasteiger charge is 2.17. The van der Waals surface area contributed by atoms with E-state index in [2.05, 4.69) is 18.0 Å². The monoisotopic (exact) mass is 497 g/mol. The second kappa shape index (κ2) is 11.2. The summed E-state index contributed by atoms with van der Waals surface area (Å²) in [4.78, 5) is 6.57. The van der Waals surface area contributed by atoms with Crippen molar-refractivity contribution in [1.82, 2.24) is 9.88 Å². The van der Waals surface area contributed by atoms with E-state index in [0.29, 0.717) is 43.0 Å². The van der Waals surface area contributed by atoms with E-state index < -0.39 is 0 Å². The molecule has 8 heteroatoms. The van der Waals surface area contributed by atoms with Gasteiger partial charge in [-0.25, -0.2) is 0 Å². The van der Waals surface area contributed by atoms with Crippen molar-refractivity contribution < 1.29 is 18.9 Å². The Morgan fingerprint density at radius 3 is 2.57 bits per heavy atom. The average Bonchev–Trinajstić information content (AvgIpc) is 2.83. The zero-order valence-corrected chi connectivity index (χ0v) is 21.4. The maximum atomic E-state index is 6.53. The van der Waals surface area contributed by atoms with E-state index in [9.17, 15) is 0 Å². The zero-order valence-electron chi connectivity index (χ0n) is 20.6. The molecule has 0 radical (unpaired) electrons. The molecule has 3 aromatic rings. The summed E-state index contributed by atoms with van der Waals surface area (Å²) in [6, 6.07) is 13.9. The van der Waals surface area contributed by atoms with Gasteiger partial charge in [0.05, 0.1) is 7.11 Å². The number of benzene rings is 2. The minimum Gasteiger partial charge on any atom is -0.486 e. The molecule has 1 unspecified atom stereocenters. The molecule has 0 aliphatic carbocycles. The van der Waals surface area contributed by atoms with E-state index >= 15 is 0 Å². The number of hydrogen-bond acceptors (Lipinski definition) is 7. The fraction of sp³-hybridized carbons (Fsp3) is 0.370. The quantitative estimate of drug-likeness (QED) is 0.466. The van der Waals surface area contributed by atoms with E-state index in [1.54, 1.807) is 7.11 Å². The van der Waals surface area contributed by atoms with E-state index in [-0.39, 0.29) is 6.04 Å². The molecule has 4 rings (SSSR count). The van der Waals surface area contributed by atoms with Gasteiger partial charge in [0.25, 0.3) is 0 Å². The molecule has 0 saturated heterocycles. The molecule has 0 bridgehead atoms. The Kier molecular flexibility index (Phi) is 8.00. The van der Waals surface area contributed by atoms with E-state index in [1.165, 1.54) is 0 Å². The van der Waals surface area contributed by atoms with Crippen molar-refractivity contribution in [2.75, 3.05) is 41.0 Å². The molecule has 2 aromatic carbocycles. The Morgan fingerprint density at radius 1 is 1.06 bits per heavy atom. The van der Waals surface area contributed by atoms with Crippen LogP contribution in [-0.2, 0) is 13.0 Å². The van der Waals surface area contributed by atoms with Gasteiger partial charge in [-0.1, -0.05) is 35.9 Å². The van der Waals surface area contributed by atoms with Crippen LogP contribution in [0.2, 0.25) is 5.02 Å². The first-order valence-electron chi connectivity index (χ1n) is 11.6. The summed E-state index contributed by atoms with van der Waals surface area (Å²) in [5, 5.41) is 0.429. The summed E-state index contributed by atoms with van der Waals surface area (Å²) in [5.41, 5.74) is 11.4. The van der Waals surface area contributed by atoms with Crippen molar-refractivity contribution in [2.24, 2.45) is 5.73 Å². The predicted molar refractivity (Wildman–Crippen MR) is 138 cm³/mol. The minimum atomic E-state index is -0.0607. The lowest BCUT2D eigenvalue weighted by atomic mass is 9.96. The summed E-state index contributed by atoms with van der Waals surface area (Å²) in [7, 11) is 5.57. The third-order valence-electron chi connectivity index (χ3n) is 5.92. The van der Waals surface area contributed by atoms with Crippen LogP contribution in [0.25, 0.3) is 11.1 Å². The van der Waals surface area contributed by atoms with Crippen LogP contribution < -0.4 is 24.7 Å². The molecule has 0 spiro atoms. The van der Waals surface area contributed by atoms with Gasteiger partial charge in [-0.05, 0) is 67.9 Å². The number of ether oxygens (including phenoxy) is 4. The summed E-state index contributed by atoms with van der Waals surface area (Å²) in [6.07, 6.45) is 0.602. The Labute approximate surface area is 211 Å². The SMILES string of the molecule is COc1nc(OCc2cccc(-c3ccc4c(c3)OCCO4)c2C)c(Cl)cc1CC(N)CN(C)C. The molecule has 1 aliphatic heterocycles. The van der Waals surface area contributed by atoms with Crippen molar-refractivity contribution in [1.29, 1.82) is 0 Å². The number of aromatic nitrogens is 1. The van der Waals surface area contributed by atoms with Gasteiger partial charge in [0, 0.05) is 18.2 Å². The van der Waals surface area contributed by atoms with Crippen LogP contribution in [0.1, 0.15) is 16.7 Å². The van der Waals surface area contributed by atoms with Crippen LogP contribution in [0.15, 0.2) is 42.5 Å². The van der Waals surface area contributed by atoms with Crippen molar-refractivity contribution >= 4 is 11.6 Å². The highest BCUT2D eigenvalue weighted by atomic mass is 35.5. The first-order valence-corrected chi connectivity index (χ1v) is 12.0. The van der Waals surface area contributed by atoms with E-state index in [0.717, 1.165) is 45.9 Å². The lowest BCUT2D eigenvalue weighted by Gasteiger charge is -2.20. The number of nitrogens with two attached hydrogens (primary N) is 1. The fourth-order valence-electron chi connectivity index (χ4n) is 4.24. The van der Waals surface area contributed by atoms with Gasteiger partial charge in [0.1, 0.15) is 24.8 Å². The number of halogens is 1. The number of fused-ring (bicyclic) bond motifs is 1. The lowest BCUT2D eigenvalue weighted by Crippen LogP contribution is -2.35. The van der Waals surface area contributed by atoms with E-state index in [4.69, 9.17) is 36.3 Å². The zero-order chi connectivity index (χ0) is 24.9. The largest absolute Gasteiger partial charge is 0.486 e. The van der Waals surface area contributed by atoms with Crippen LogP contribution in [0.3, 0.4) is 0 Å². The van der Waals surface area contributed by atoms with Gasteiger partial charge in [-0.15, -0.1) is 0 Å².